The van der Waals surface area contributed by atoms with Crippen LogP contribution in [0.5, 0.6) is 0 Å². The first-order chi connectivity index (χ1) is 31.5. The SMILES string of the molecule is C=C(CC#N)[C@H]([NH2+]C(=O)OC)C(=O)N(CC1(C)CC1)[C@@H](C)c1ncc(-c2ccc3cc(-c4ccc(-c5cnc([C@@H]6[C@H]7CCC(C)(C7)N6C(=O)[C@@H](NC(=O)OC)C(C)C)[nH]5)cc4)ccc3c2)[nH]1. The first-order valence-corrected chi connectivity index (χ1v) is 22.8. The largest absolute Gasteiger partial charge is 0.513 e. The number of methoxy groups -OCH3 is 2. The first-order valence-electron chi connectivity index (χ1n) is 22.8. The highest BCUT2D eigenvalue weighted by molar-refractivity contribution is 5.91. The van der Waals surface area contributed by atoms with E-state index in [1.54, 1.807) is 11.1 Å². The number of primary amides is 1. The predicted molar refractivity (Wildman–Crippen MR) is 249 cm³/mol. The smallest absolute Gasteiger partial charge is 0.453 e. The summed E-state index contributed by atoms with van der Waals surface area (Å²) in [5, 5.41) is 15.5. The maximum atomic E-state index is 14.2. The molecule has 8 rings (SSSR count). The van der Waals surface area contributed by atoms with Gasteiger partial charge in [0.1, 0.15) is 17.7 Å². The lowest BCUT2D eigenvalue weighted by molar-refractivity contribution is -0.586. The normalized spacial score (nSPS) is 20.6. The summed E-state index contributed by atoms with van der Waals surface area (Å²) >= 11 is 0. The van der Waals surface area contributed by atoms with Gasteiger partial charge in [-0.3, -0.25) is 9.59 Å². The van der Waals surface area contributed by atoms with E-state index in [0.717, 1.165) is 82.3 Å². The summed E-state index contributed by atoms with van der Waals surface area (Å²) in [7, 11) is 2.56. The molecule has 2 aliphatic carbocycles. The predicted octanol–water partition coefficient (Wildman–Crippen LogP) is 7.97. The molecular weight excluding hydrogens is 835 g/mol. The molecule has 66 heavy (non-hydrogen) atoms. The van der Waals surface area contributed by atoms with Crippen molar-refractivity contribution >= 4 is 34.8 Å². The van der Waals surface area contributed by atoms with Crippen molar-refractivity contribution in [1.29, 1.82) is 5.26 Å². The van der Waals surface area contributed by atoms with Gasteiger partial charge in [-0.2, -0.15) is 10.1 Å². The van der Waals surface area contributed by atoms with Crippen LogP contribution < -0.4 is 10.6 Å². The van der Waals surface area contributed by atoms with Gasteiger partial charge in [0.25, 0.3) is 5.91 Å². The number of benzene rings is 3. The lowest BCUT2D eigenvalue weighted by Crippen LogP contribution is -2.96. The second-order valence-corrected chi connectivity index (χ2v) is 19.3. The van der Waals surface area contributed by atoms with Gasteiger partial charge in [0.05, 0.1) is 62.6 Å². The molecule has 0 spiro atoms. The standard InChI is InChI=1S/C51H59N9O6/c1-29(2)41(57-48(63)65-7)47(62)60-43(38-17-19-51(60,6)25-38)45-54-26-39(56-45)33-11-9-32(10-12-33)34-13-14-36-24-37(16-15-35(36)23-34)40-27-53-44(55-40)31(4)59(28-50(5)20-21-50)46(61)42(30(3)18-22-52)58-49(64)66-8/h9-16,23-24,26-27,29,31,38,41-43H,3,17-21,25,28H2,1-2,4-8H3,(H,53,55)(H,54,56)(H,57,63)(H,58,64)/p+1/t31-,38-,41-,42-,43-,51?/m0/s1. The number of alkyl carbamates (subject to hydrolysis) is 1. The Morgan fingerprint density at radius 3 is 2.20 bits per heavy atom. The van der Waals surface area contributed by atoms with E-state index in [2.05, 4.69) is 96.4 Å². The fourth-order valence-electron chi connectivity index (χ4n) is 9.96. The summed E-state index contributed by atoms with van der Waals surface area (Å²) in [6.07, 6.45) is 7.06. The molecule has 5 aromatic rings. The number of nitrogens with two attached hydrogens (primary N) is 1. The molecule has 3 heterocycles. The maximum absolute atomic E-state index is 14.2. The zero-order chi connectivity index (χ0) is 47.1. The van der Waals surface area contributed by atoms with Crippen molar-refractivity contribution in [3.63, 3.8) is 0 Å². The molecule has 15 heteroatoms. The van der Waals surface area contributed by atoms with Gasteiger partial charge in [0, 0.05) is 23.2 Å². The minimum absolute atomic E-state index is 0.0408. The molecular formula is C51H60N9O6+. The number of piperidine rings is 1. The Morgan fingerprint density at radius 2 is 1.55 bits per heavy atom. The highest BCUT2D eigenvalue weighted by atomic mass is 16.5. The molecule has 344 valence electrons. The number of H-pyrrole nitrogens is 2. The van der Waals surface area contributed by atoms with Crippen molar-refractivity contribution in [1.82, 2.24) is 35.1 Å². The number of hydrogen-bond acceptors (Lipinski definition) is 9. The van der Waals surface area contributed by atoms with E-state index in [4.69, 9.17) is 19.4 Å². The molecule has 1 unspecified atom stereocenters. The highest BCUT2D eigenvalue weighted by Crippen LogP contribution is 2.56. The molecule has 3 fully saturated rings. The number of hydrogen-bond donors (Lipinski definition) is 4. The van der Waals surface area contributed by atoms with Crippen LogP contribution in [0, 0.1) is 28.6 Å². The van der Waals surface area contributed by atoms with Crippen LogP contribution >= 0.6 is 0 Å². The summed E-state index contributed by atoms with van der Waals surface area (Å²) in [6, 6.07) is 20.7. The van der Waals surface area contributed by atoms with Gasteiger partial charge in [-0.1, -0.05) is 75.9 Å². The molecule has 2 saturated carbocycles. The van der Waals surface area contributed by atoms with Crippen molar-refractivity contribution < 1.29 is 34.0 Å². The fraction of sp³-hybridized carbons (Fsp3) is 0.431. The topological polar surface area (TPSA) is 203 Å². The minimum Gasteiger partial charge on any atom is -0.453 e. The Kier molecular flexibility index (Phi) is 12.6. The van der Waals surface area contributed by atoms with Crippen LogP contribution in [0.25, 0.3) is 44.4 Å². The zero-order valence-corrected chi connectivity index (χ0v) is 38.8. The number of carbonyl (C=O) groups excluding carboxylic acids is 4. The van der Waals surface area contributed by atoms with Crippen LogP contribution in [0.15, 0.2) is 85.2 Å². The van der Waals surface area contributed by atoms with Crippen LogP contribution in [0.2, 0.25) is 0 Å². The second kappa shape index (κ2) is 18.2. The van der Waals surface area contributed by atoms with Crippen LogP contribution in [0.1, 0.15) is 96.9 Å². The number of carbonyl (C=O) groups is 4. The van der Waals surface area contributed by atoms with E-state index in [-0.39, 0.29) is 47.1 Å². The van der Waals surface area contributed by atoms with Gasteiger partial charge in [0.15, 0.2) is 6.04 Å². The lowest BCUT2D eigenvalue weighted by Gasteiger charge is -2.43. The average Bonchev–Trinajstić information content (AvgIpc) is 3.80. The number of fused-ring (bicyclic) bond motifs is 3. The number of nitrogens with one attached hydrogen (secondary N) is 3. The number of aromatic amines is 2. The third-order valence-corrected chi connectivity index (χ3v) is 14.2. The molecule has 15 nitrogen and oxygen atoms in total. The summed E-state index contributed by atoms with van der Waals surface area (Å²) in [5.74, 6) is 1.08. The van der Waals surface area contributed by atoms with Crippen LogP contribution in [0.3, 0.4) is 0 Å². The quantitative estimate of drug-likeness (QED) is 0.0752. The number of ether oxygens (including phenoxy) is 2. The third kappa shape index (κ3) is 9.07. The van der Waals surface area contributed by atoms with E-state index < -0.39 is 30.3 Å². The van der Waals surface area contributed by atoms with E-state index in [0.29, 0.717) is 17.9 Å². The second-order valence-electron chi connectivity index (χ2n) is 19.3. The number of likely N-dealkylation sites (tertiary alicyclic amines) is 1. The zero-order valence-electron chi connectivity index (χ0n) is 38.8. The summed E-state index contributed by atoms with van der Waals surface area (Å²) in [6.45, 7) is 14.5. The molecule has 1 aliphatic heterocycles. The van der Waals surface area contributed by atoms with Crippen LogP contribution in [0.4, 0.5) is 9.59 Å². The monoisotopic (exact) mass is 894 g/mol. The molecule has 6 atom stereocenters. The molecule has 5 N–H and O–H groups in total. The fourth-order valence-corrected chi connectivity index (χ4v) is 9.96. The van der Waals surface area contributed by atoms with E-state index in [1.807, 2.05) is 37.9 Å². The number of nitriles is 1. The lowest BCUT2D eigenvalue weighted by atomic mass is 9.93. The number of imidazole rings is 2. The Labute approximate surface area is 385 Å². The van der Waals surface area contributed by atoms with E-state index in [1.165, 1.54) is 19.5 Å². The van der Waals surface area contributed by atoms with E-state index in [9.17, 15) is 24.4 Å². The van der Waals surface area contributed by atoms with Gasteiger partial charge in [0.2, 0.25) is 5.91 Å². The van der Waals surface area contributed by atoms with Gasteiger partial charge in [-0.25, -0.2) is 20.1 Å². The minimum atomic E-state index is -1.00. The van der Waals surface area contributed by atoms with Crippen molar-refractivity contribution in [3.8, 4) is 39.7 Å². The Morgan fingerprint density at radius 1 is 0.909 bits per heavy atom. The van der Waals surface area contributed by atoms with Crippen molar-refractivity contribution in [2.75, 3.05) is 20.8 Å². The Bertz CT molecular complexity index is 2710. The summed E-state index contributed by atoms with van der Waals surface area (Å²) in [5.41, 5.74) is 5.72. The van der Waals surface area contributed by atoms with Crippen LogP contribution in [-0.4, -0.2) is 92.1 Å². The van der Waals surface area contributed by atoms with Gasteiger partial charge >= 0.3 is 12.2 Å². The van der Waals surface area contributed by atoms with Crippen LogP contribution in [-0.2, 0) is 19.1 Å². The first kappa shape index (κ1) is 45.8. The Hall–Kier alpha value is -6.79. The number of quaternary nitrogens is 1. The van der Waals surface area contributed by atoms with Crippen molar-refractivity contribution in [3.05, 3.63) is 96.9 Å². The Balaban J connectivity index is 0.974. The highest BCUT2D eigenvalue weighted by Gasteiger charge is 2.58. The molecule has 3 aromatic carbocycles. The average molecular weight is 895 g/mol. The van der Waals surface area contributed by atoms with Gasteiger partial charge in [-0.05, 0) is 103 Å². The molecule has 4 amide bonds. The third-order valence-electron chi connectivity index (χ3n) is 14.2. The van der Waals surface area contributed by atoms with Gasteiger partial charge < -0.3 is 34.6 Å². The number of rotatable bonds is 15. The van der Waals surface area contributed by atoms with Gasteiger partial charge in [-0.15, -0.1) is 0 Å². The molecule has 3 aliphatic rings. The summed E-state index contributed by atoms with van der Waals surface area (Å²) < 4.78 is 9.70. The molecule has 2 bridgehead atoms. The maximum Gasteiger partial charge on any atom is 0.513 e. The molecule has 1 saturated heterocycles. The van der Waals surface area contributed by atoms with Crippen molar-refractivity contribution in [2.45, 2.75) is 103 Å². The van der Waals surface area contributed by atoms with E-state index >= 15 is 0 Å². The molecule has 0 radical (unpaired) electrons. The van der Waals surface area contributed by atoms with Crippen molar-refractivity contribution in [2.24, 2.45) is 17.3 Å². The molecule has 2 aromatic heterocycles. The number of aromatic nitrogens is 4. The number of nitrogens with zero attached hydrogens (tertiary/aromatic N) is 5. The summed E-state index contributed by atoms with van der Waals surface area (Å²) in [4.78, 5) is 73.2. The number of amides is 4.